The van der Waals surface area contributed by atoms with Crippen LogP contribution in [0, 0.1) is 11.3 Å². The molecule has 6 rings (SSSR count). The van der Waals surface area contributed by atoms with Crippen LogP contribution < -0.4 is 15.0 Å². The minimum Gasteiger partial charge on any atom is -0.484 e. The number of ether oxygens (including phenoxy) is 2. The molecule has 0 bridgehead atoms. The van der Waals surface area contributed by atoms with Gasteiger partial charge in [0.2, 0.25) is 5.91 Å². The SMILES string of the molecule is N#Cc1cc(-c2cc(Nc3ccc(N4CCN(C5COC5)CC4)cc3)ncn2)ccc1O[C@@H]1CN(C(=O)CO)C[C@H]1F. The van der Waals surface area contributed by atoms with E-state index in [9.17, 15) is 14.4 Å². The van der Waals surface area contributed by atoms with Crippen molar-refractivity contribution in [3.8, 4) is 23.1 Å². The van der Waals surface area contributed by atoms with Crippen LogP contribution in [0.1, 0.15) is 5.56 Å². The molecule has 0 radical (unpaired) electrons. The Balaban J connectivity index is 1.09. The Kier molecular flexibility index (Phi) is 8.14. The predicted molar refractivity (Wildman–Crippen MR) is 153 cm³/mol. The van der Waals surface area contributed by atoms with Crippen LogP contribution in [-0.4, -0.2) is 108 Å². The number of hydrogen-bond donors (Lipinski definition) is 2. The Labute approximate surface area is 243 Å². The number of halogens is 1. The van der Waals surface area contributed by atoms with Crippen molar-refractivity contribution in [1.29, 1.82) is 5.26 Å². The lowest BCUT2D eigenvalue weighted by atomic mass is 10.1. The fraction of sp³-hybridized carbons (Fsp3) is 0.400. The average molecular weight is 574 g/mol. The molecule has 1 aromatic heterocycles. The highest BCUT2D eigenvalue weighted by molar-refractivity contribution is 5.77. The van der Waals surface area contributed by atoms with E-state index in [4.69, 9.17) is 14.6 Å². The van der Waals surface area contributed by atoms with Crippen molar-refractivity contribution >= 4 is 23.1 Å². The zero-order valence-corrected chi connectivity index (χ0v) is 23.0. The molecule has 4 heterocycles. The van der Waals surface area contributed by atoms with E-state index in [-0.39, 0.29) is 24.4 Å². The summed E-state index contributed by atoms with van der Waals surface area (Å²) in [6.45, 7) is 4.92. The van der Waals surface area contributed by atoms with Crippen LogP contribution in [0.15, 0.2) is 54.9 Å². The lowest BCUT2D eigenvalue weighted by Crippen LogP contribution is -2.56. The molecule has 3 fully saturated rings. The van der Waals surface area contributed by atoms with Gasteiger partial charge in [0.25, 0.3) is 0 Å². The highest BCUT2D eigenvalue weighted by Crippen LogP contribution is 2.30. The fourth-order valence-electron chi connectivity index (χ4n) is 5.46. The van der Waals surface area contributed by atoms with Crippen LogP contribution >= 0.6 is 0 Å². The summed E-state index contributed by atoms with van der Waals surface area (Å²) in [6.07, 6.45) is -0.894. The Morgan fingerprint density at radius 1 is 1.10 bits per heavy atom. The molecule has 2 aromatic carbocycles. The van der Waals surface area contributed by atoms with Gasteiger partial charge in [-0.15, -0.1) is 0 Å². The number of carbonyl (C=O) groups is 1. The summed E-state index contributed by atoms with van der Waals surface area (Å²) < 4.78 is 25.6. The summed E-state index contributed by atoms with van der Waals surface area (Å²) in [6, 6.07) is 17.7. The first-order valence-corrected chi connectivity index (χ1v) is 14.0. The van der Waals surface area contributed by atoms with Crippen molar-refractivity contribution in [2.45, 2.75) is 18.3 Å². The van der Waals surface area contributed by atoms with Crippen molar-refractivity contribution < 1.29 is 23.8 Å². The van der Waals surface area contributed by atoms with E-state index in [0.717, 1.165) is 45.1 Å². The number of rotatable bonds is 8. The number of aliphatic hydroxyl groups is 1. The van der Waals surface area contributed by atoms with Crippen molar-refractivity contribution in [2.75, 3.05) is 69.3 Å². The van der Waals surface area contributed by atoms with Crippen LogP contribution in [0.2, 0.25) is 0 Å². The normalized spacial score (nSPS) is 21.1. The maximum Gasteiger partial charge on any atom is 0.248 e. The van der Waals surface area contributed by atoms with E-state index < -0.39 is 24.8 Å². The van der Waals surface area contributed by atoms with Crippen LogP contribution in [0.25, 0.3) is 11.3 Å². The van der Waals surface area contributed by atoms with Gasteiger partial charge in [-0.05, 0) is 42.5 Å². The molecule has 3 aliphatic rings. The van der Waals surface area contributed by atoms with Gasteiger partial charge in [-0.1, -0.05) is 0 Å². The number of nitriles is 1. The molecule has 12 heteroatoms. The average Bonchev–Trinajstić information content (AvgIpc) is 3.36. The van der Waals surface area contributed by atoms with Gasteiger partial charge in [-0.25, -0.2) is 14.4 Å². The summed E-state index contributed by atoms with van der Waals surface area (Å²) in [4.78, 5) is 26.6. The molecule has 2 N–H and O–H groups in total. The van der Waals surface area contributed by atoms with Gasteiger partial charge in [0.05, 0.1) is 43.6 Å². The smallest absolute Gasteiger partial charge is 0.248 e. The molecule has 2 atom stereocenters. The molecule has 3 aliphatic heterocycles. The maximum absolute atomic E-state index is 14.5. The molecule has 0 spiro atoms. The Morgan fingerprint density at radius 2 is 1.88 bits per heavy atom. The summed E-state index contributed by atoms with van der Waals surface area (Å²) in [7, 11) is 0. The summed E-state index contributed by atoms with van der Waals surface area (Å²) in [5, 5.41) is 22.1. The first kappa shape index (κ1) is 27.8. The third-order valence-corrected chi connectivity index (χ3v) is 7.98. The molecule has 218 valence electrons. The van der Waals surface area contributed by atoms with E-state index >= 15 is 0 Å². The van der Waals surface area contributed by atoms with Gasteiger partial charge in [-0.3, -0.25) is 9.69 Å². The number of aliphatic hydroxyl groups excluding tert-OH is 1. The van der Waals surface area contributed by atoms with Crippen LogP contribution in [0.3, 0.4) is 0 Å². The number of hydrogen-bond acceptors (Lipinski definition) is 10. The number of piperazine rings is 1. The largest absolute Gasteiger partial charge is 0.484 e. The molecule has 3 saturated heterocycles. The second-order valence-corrected chi connectivity index (χ2v) is 10.6. The Bertz CT molecular complexity index is 1450. The van der Waals surface area contributed by atoms with Gasteiger partial charge in [0, 0.05) is 49.2 Å². The molecule has 11 nitrogen and oxygen atoms in total. The van der Waals surface area contributed by atoms with Gasteiger partial charge < -0.3 is 29.7 Å². The Morgan fingerprint density at radius 3 is 2.57 bits per heavy atom. The van der Waals surface area contributed by atoms with E-state index in [0.29, 0.717) is 23.1 Å². The highest BCUT2D eigenvalue weighted by atomic mass is 19.1. The van der Waals surface area contributed by atoms with Crippen LogP contribution in [0.4, 0.5) is 21.6 Å². The van der Waals surface area contributed by atoms with Crippen molar-refractivity contribution in [3.05, 3.63) is 60.4 Å². The van der Waals surface area contributed by atoms with E-state index in [1.807, 2.05) is 12.1 Å². The quantitative estimate of drug-likeness (QED) is 0.414. The topological polar surface area (TPSA) is 127 Å². The molecule has 0 aliphatic carbocycles. The lowest BCUT2D eigenvalue weighted by molar-refractivity contribution is -0.133. The monoisotopic (exact) mass is 573 g/mol. The zero-order valence-electron chi connectivity index (χ0n) is 23.0. The van der Waals surface area contributed by atoms with Crippen molar-refractivity contribution in [2.24, 2.45) is 0 Å². The van der Waals surface area contributed by atoms with E-state index in [2.05, 4.69) is 43.3 Å². The standard InChI is InChI=1S/C30H32FN7O4/c31-25-14-38(30(40)16-39)15-28(25)42-27-6-1-20(11-21(27)13-32)26-12-29(34-19-33-26)35-22-2-4-23(5-3-22)36-7-9-37(10-8-36)24-17-41-18-24/h1-6,11-12,19,24-25,28,39H,7-10,14-18H2,(H,33,34,35)/t25-,28-/m1/s1. The second kappa shape index (κ2) is 12.3. The number of nitrogens with zero attached hydrogens (tertiary/aromatic N) is 6. The van der Waals surface area contributed by atoms with E-state index in [1.54, 1.807) is 24.3 Å². The number of benzene rings is 2. The number of aromatic nitrogens is 2. The molecule has 0 unspecified atom stereocenters. The molecule has 1 amide bonds. The predicted octanol–water partition coefficient (Wildman–Crippen LogP) is 2.20. The van der Waals surface area contributed by atoms with Crippen LogP contribution in [0.5, 0.6) is 5.75 Å². The van der Waals surface area contributed by atoms with Gasteiger partial charge in [-0.2, -0.15) is 5.26 Å². The number of nitrogens with one attached hydrogen (secondary N) is 1. The Hall–Kier alpha value is -4.31. The van der Waals surface area contributed by atoms with Crippen LogP contribution in [-0.2, 0) is 9.53 Å². The lowest BCUT2D eigenvalue weighted by Gasteiger charge is -2.43. The van der Waals surface area contributed by atoms with Crippen molar-refractivity contribution in [3.63, 3.8) is 0 Å². The minimum atomic E-state index is -1.42. The zero-order chi connectivity index (χ0) is 29.1. The molecule has 3 aromatic rings. The fourth-order valence-corrected chi connectivity index (χ4v) is 5.46. The summed E-state index contributed by atoms with van der Waals surface area (Å²) in [5.74, 6) is 0.262. The third-order valence-electron chi connectivity index (χ3n) is 7.98. The molecule has 42 heavy (non-hydrogen) atoms. The molecular weight excluding hydrogens is 541 g/mol. The summed E-state index contributed by atoms with van der Waals surface area (Å²) >= 11 is 0. The number of amides is 1. The number of likely N-dealkylation sites (tertiary alicyclic amines) is 1. The summed E-state index contributed by atoms with van der Waals surface area (Å²) in [5.41, 5.74) is 3.57. The first-order valence-electron chi connectivity index (χ1n) is 14.0. The molecule has 0 saturated carbocycles. The second-order valence-electron chi connectivity index (χ2n) is 10.6. The number of anilines is 3. The van der Waals surface area contributed by atoms with E-state index in [1.165, 1.54) is 16.9 Å². The minimum absolute atomic E-state index is 0.00197. The maximum atomic E-state index is 14.5. The number of alkyl halides is 1. The van der Waals surface area contributed by atoms with Gasteiger partial charge in [0.15, 0.2) is 6.17 Å². The third kappa shape index (κ3) is 5.99. The number of carbonyl (C=O) groups excluding carboxylic acids is 1. The molecular formula is C30H32FN7O4. The highest BCUT2D eigenvalue weighted by Gasteiger charge is 2.37. The van der Waals surface area contributed by atoms with Crippen molar-refractivity contribution in [1.82, 2.24) is 19.8 Å². The van der Waals surface area contributed by atoms with Gasteiger partial charge >= 0.3 is 0 Å². The van der Waals surface area contributed by atoms with Gasteiger partial charge in [0.1, 0.15) is 36.7 Å². The first-order chi connectivity index (χ1) is 20.5.